The molecule has 16 heavy (non-hydrogen) atoms. The zero-order valence-corrected chi connectivity index (χ0v) is 9.62. The van der Waals surface area contributed by atoms with E-state index in [1.165, 1.54) is 17.7 Å². The van der Waals surface area contributed by atoms with Crippen molar-refractivity contribution in [3.63, 3.8) is 0 Å². The third-order valence-electron chi connectivity index (χ3n) is 2.13. The van der Waals surface area contributed by atoms with Crippen molar-refractivity contribution < 1.29 is 4.79 Å². The molecular weight excluding hydrogens is 222 g/mol. The van der Waals surface area contributed by atoms with Gasteiger partial charge in [0.15, 0.2) is 5.78 Å². The zero-order chi connectivity index (χ0) is 11.4. The normalized spacial score (nSPS) is 10.1. The van der Waals surface area contributed by atoms with E-state index in [1.54, 1.807) is 12.3 Å². The summed E-state index contributed by atoms with van der Waals surface area (Å²) in [4.78, 5) is 20.4. The number of aryl methyl sites for hydroxylation is 1. The minimum atomic E-state index is 0.0890. The monoisotopic (exact) mass is 233 g/mol. The first kappa shape index (κ1) is 10.8. The Morgan fingerprint density at radius 3 is 3.00 bits per heavy atom. The van der Waals surface area contributed by atoms with Crippen molar-refractivity contribution >= 4 is 22.9 Å². The van der Waals surface area contributed by atoms with Crippen molar-refractivity contribution in [3.05, 3.63) is 40.5 Å². The first-order valence-corrected chi connectivity index (χ1v) is 5.72. The number of nitrogens with zero attached hydrogens (tertiary/aromatic N) is 2. The molecule has 4 nitrogen and oxygen atoms in total. The number of nitrogens with one attached hydrogen (secondary N) is 1. The molecule has 2 heterocycles. The van der Waals surface area contributed by atoms with Crippen LogP contribution in [-0.2, 0) is 0 Å². The lowest BCUT2D eigenvalue weighted by atomic mass is 10.2. The second-order valence-corrected chi connectivity index (χ2v) is 4.22. The molecule has 2 rings (SSSR count). The summed E-state index contributed by atoms with van der Waals surface area (Å²) >= 11 is 1.47. The van der Waals surface area contributed by atoms with E-state index in [9.17, 15) is 4.79 Å². The zero-order valence-electron chi connectivity index (χ0n) is 8.80. The van der Waals surface area contributed by atoms with Gasteiger partial charge in [0, 0.05) is 6.20 Å². The van der Waals surface area contributed by atoms with Crippen LogP contribution in [0.3, 0.4) is 0 Å². The van der Waals surface area contributed by atoms with Gasteiger partial charge in [-0.05, 0) is 30.0 Å². The lowest BCUT2D eigenvalue weighted by Gasteiger charge is -2.03. The number of hydrogen-bond acceptors (Lipinski definition) is 5. The van der Waals surface area contributed by atoms with Gasteiger partial charge in [0.1, 0.15) is 12.1 Å². The molecule has 1 N–H and O–H groups in total. The molecule has 0 saturated carbocycles. The number of rotatable bonds is 4. The summed E-state index contributed by atoms with van der Waals surface area (Å²) in [6, 6.07) is 3.68. The van der Waals surface area contributed by atoms with Crippen LogP contribution in [0.4, 0.5) is 5.82 Å². The molecule has 0 unspecified atom stereocenters. The summed E-state index contributed by atoms with van der Waals surface area (Å²) in [5, 5.41) is 4.89. The van der Waals surface area contributed by atoms with E-state index in [4.69, 9.17) is 0 Å². The number of hydrogen-bond donors (Lipinski definition) is 1. The summed E-state index contributed by atoms with van der Waals surface area (Å²) in [6.07, 6.45) is 3.08. The highest BCUT2D eigenvalue weighted by molar-refractivity contribution is 7.12. The van der Waals surface area contributed by atoms with Gasteiger partial charge in [0.05, 0.1) is 11.4 Å². The molecular formula is C11H11N3OS. The van der Waals surface area contributed by atoms with E-state index in [0.717, 1.165) is 10.4 Å². The summed E-state index contributed by atoms with van der Waals surface area (Å²) < 4.78 is 0. The summed E-state index contributed by atoms with van der Waals surface area (Å²) in [6.45, 7) is 2.20. The Bertz CT molecular complexity index is 481. The Morgan fingerprint density at radius 2 is 2.38 bits per heavy atom. The van der Waals surface area contributed by atoms with Crippen LogP contribution in [0.5, 0.6) is 0 Å². The van der Waals surface area contributed by atoms with Crippen LogP contribution in [0.2, 0.25) is 0 Å². The molecule has 0 spiro atoms. The van der Waals surface area contributed by atoms with Crippen molar-refractivity contribution in [1.82, 2.24) is 9.97 Å². The molecule has 0 fully saturated rings. The molecule has 0 radical (unpaired) electrons. The summed E-state index contributed by atoms with van der Waals surface area (Å²) in [7, 11) is 0. The number of thiophene rings is 1. The van der Waals surface area contributed by atoms with Gasteiger partial charge in [0.25, 0.3) is 0 Å². The van der Waals surface area contributed by atoms with Gasteiger partial charge in [-0.2, -0.15) is 0 Å². The third kappa shape index (κ3) is 2.43. The molecule has 0 aliphatic rings. The van der Waals surface area contributed by atoms with Crippen LogP contribution in [0.1, 0.15) is 15.2 Å². The van der Waals surface area contributed by atoms with Gasteiger partial charge >= 0.3 is 0 Å². The largest absolute Gasteiger partial charge is 0.362 e. The van der Waals surface area contributed by atoms with Gasteiger partial charge < -0.3 is 5.32 Å². The van der Waals surface area contributed by atoms with E-state index >= 15 is 0 Å². The second-order valence-electron chi connectivity index (χ2n) is 3.30. The van der Waals surface area contributed by atoms with Crippen molar-refractivity contribution in [1.29, 1.82) is 0 Å². The predicted molar refractivity (Wildman–Crippen MR) is 63.9 cm³/mol. The van der Waals surface area contributed by atoms with Crippen LogP contribution in [0, 0.1) is 6.92 Å². The number of carbonyl (C=O) groups excluding carboxylic acids is 1. The van der Waals surface area contributed by atoms with E-state index < -0.39 is 0 Å². The molecule has 0 atom stereocenters. The first-order chi connectivity index (χ1) is 7.77. The summed E-state index contributed by atoms with van der Waals surface area (Å²) in [5.41, 5.74) is 1.03. The van der Waals surface area contributed by atoms with E-state index in [1.807, 2.05) is 18.4 Å². The topological polar surface area (TPSA) is 54.9 Å². The molecule has 2 aromatic heterocycles. The maximum Gasteiger partial charge on any atom is 0.192 e. The van der Waals surface area contributed by atoms with Crippen molar-refractivity contribution in [2.24, 2.45) is 0 Å². The molecule has 0 amide bonds. The third-order valence-corrected chi connectivity index (χ3v) is 3.18. The fraction of sp³-hybridized carbons (Fsp3) is 0.182. The Morgan fingerprint density at radius 1 is 1.50 bits per heavy atom. The average Bonchev–Trinajstić information content (AvgIpc) is 2.74. The molecule has 0 aromatic carbocycles. The maximum atomic E-state index is 11.8. The van der Waals surface area contributed by atoms with Crippen LogP contribution in [0.15, 0.2) is 30.0 Å². The van der Waals surface area contributed by atoms with E-state index in [2.05, 4.69) is 15.3 Å². The highest BCUT2D eigenvalue weighted by Crippen LogP contribution is 2.16. The van der Waals surface area contributed by atoms with E-state index in [0.29, 0.717) is 5.82 Å². The molecule has 0 saturated heterocycles. The fourth-order valence-corrected chi connectivity index (χ4v) is 2.17. The van der Waals surface area contributed by atoms with Crippen molar-refractivity contribution in [3.8, 4) is 0 Å². The fourth-order valence-electron chi connectivity index (χ4n) is 1.30. The average molecular weight is 233 g/mol. The quantitative estimate of drug-likeness (QED) is 0.822. The Kier molecular flexibility index (Phi) is 3.26. The number of Topliss-reactive ketones (excluding diaryl/α,β-unsaturated/α-hetero) is 1. The maximum absolute atomic E-state index is 11.8. The number of carbonyl (C=O) groups is 1. The second kappa shape index (κ2) is 4.85. The highest BCUT2D eigenvalue weighted by Gasteiger charge is 2.09. The van der Waals surface area contributed by atoms with Gasteiger partial charge in [-0.15, -0.1) is 11.3 Å². The lowest BCUT2D eigenvalue weighted by molar-refractivity contribution is 0.101. The summed E-state index contributed by atoms with van der Waals surface area (Å²) in [5.74, 6) is 0.753. The van der Waals surface area contributed by atoms with Crippen LogP contribution in [0.25, 0.3) is 0 Å². The van der Waals surface area contributed by atoms with Gasteiger partial charge in [-0.25, -0.2) is 9.97 Å². The van der Waals surface area contributed by atoms with Crippen LogP contribution in [-0.4, -0.2) is 22.3 Å². The number of anilines is 1. The van der Waals surface area contributed by atoms with E-state index in [-0.39, 0.29) is 12.3 Å². The predicted octanol–water partition coefficient (Wildman–Crippen LogP) is 2.14. The van der Waals surface area contributed by atoms with Crippen molar-refractivity contribution in [2.75, 3.05) is 11.9 Å². The van der Waals surface area contributed by atoms with Gasteiger partial charge in [-0.1, -0.05) is 0 Å². The first-order valence-electron chi connectivity index (χ1n) is 4.84. The highest BCUT2D eigenvalue weighted by atomic mass is 32.1. The van der Waals surface area contributed by atoms with Gasteiger partial charge in [0.2, 0.25) is 0 Å². The van der Waals surface area contributed by atoms with Gasteiger partial charge in [-0.3, -0.25) is 4.79 Å². The van der Waals surface area contributed by atoms with Crippen LogP contribution >= 0.6 is 11.3 Å². The molecule has 0 aliphatic carbocycles. The minimum absolute atomic E-state index is 0.0890. The smallest absolute Gasteiger partial charge is 0.192 e. The van der Waals surface area contributed by atoms with Crippen LogP contribution < -0.4 is 5.32 Å². The minimum Gasteiger partial charge on any atom is -0.362 e. The Balaban J connectivity index is 1.97. The molecule has 2 aromatic rings. The molecule has 82 valence electrons. The van der Waals surface area contributed by atoms with Crippen molar-refractivity contribution in [2.45, 2.75) is 6.92 Å². The molecule has 0 aliphatic heterocycles. The standard InChI is InChI=1S/C11H11N3OS/c1-8-3-5-16-11(8)9(15)6-13-10-2-4-12-7-14-10/h2-5,7H,6H2,1H3,(H,12,13,14). The lowest BCUT2D eigenvalue weighted by Crippen LogP contribution is -2.14. The Hall–Kier alpha value is -1.75. The Labute approximate surface area is 97.4 Å². The number of aromatic nitrogens is 2. The molecule has 0 bridgehead atoms. The SMILES string of the molecule is Cc1ccsc1C(=O)CNc1ccncn1. The number of ketones is 1. The molecule has 5 heteroatoms.